The molecule has 1 aliphatic heterocycles. The van der Waals surface area contributed by atoms with Crippen LogP contribution in [0.5, 0.6) is 0 Å². The summed E-state index contributed by atoms with van der Waals surface area (Å²) in [6.07, 6.45) is 6.61. The fourth-order valence-electron chi connectivity index (χ4n) is 3.63. The van der Waals surface area contributed by atoms with E-state index < -0.39 is 0 Å². The number of aliphatic hydroxyl groups excluding tert-OH is 1. The highest BCUT2D eigenvalue weighted by Crippen LogP contribution is 2.44. The molecular weight excluding hydrogens is 240 g/mol. The van der Waals surface area contributed by atoms with Crippen molar-refractivity contribution < 1.29 is 5.11 Å². The molecule has 1 heterocycles. The molecule has 1 N–H and O–H groups in total. The van der Waals surface area contributed by atoms with Crippen LogP contribution in [0.4, 0.5) is 0 Å². The van der Waals surface area contributed by atoms with Crippen LogP contribution in [0.2, 0.25) is 0 Å². The molecule has 2 unspecified atom stereocenters. The van der Waals surface area contributed by atoms with Crippen LogP contribution in [0.15, 0.2) is 29.2 Å². The van der Waals surface area contributed by atoms with E-state index in [4.69, 9.17) is 0 Å². The first-order valence-corrected chi connectivity index (χ1v) is 8.19. The quantitative estimate of drug-likeness (QED) is 0.883. The summed E-state index contributed by atoms with van der Waals surface area (Å²) in [4.78, 5) is 1.46. The van der Waals surface area contributed by atoms with Gasteiger partial charge in [0, 0.05) is 17.3 Å². The van der Waals surface area contributed by atoms with Gasteiger partial charge in [-0.05, 0) is 35.8 Å². The van der Waals surface area contributed by atoms with Gasteiger partial charge >= 0.3 is 0 Å². The van der Waals surface area contributed by atoms with Gasteiger partial charge in [-0.2, -0.15) is 0 Å². The molecular formula is C16H22OS. The zero-order valence-electron chi connectivity index (χ0n) is 10.8. The standard InChI is InChI=1S/C16H22OS/c17-10-13(12-5-1-2-6-12)9-14-11-18-16-8-4-3-7-15(14)16/h3-4,7-8,12-14,17H,1-2,5-6,9-11H2. The Morgan fingerprint density at radius 2 is 2.00 bits per heavy atom. The smallest absolute Gasteiger partial charge is 0.0462 e. The van der Waals surface area contributed by atoms with Crippen molar-refractivity contribution in [2.24, 2.45) is 11.8 Å². The minimum absolute atomic E-state index is 0.383. The lowest BCUT2D eigenvalue weighted by molar-refractivity contribution is 0.162. The fraction of sp³-hybridized carbons (Fsp3) is 0.625. The first-order chi connectivity index (χ1) is 8.88. The van der Waals surface area contributed by atoms with Crippen molar-refractivity contribution >= 4 is 11.8 Å². The predicted octanol–water partition coefficient (Wildman–Crippen LogP) is 4.06. The van der Waals surface area contributed by atoms with Crippen LogP contribution in [0, 0.1) is 11.8 Å². The second-order valence-corrected chi connectivity index (χ2v) is 6.83. The number of hydrogen-bond acceptors (Lipinski definition) is 2. The molecule has 1 aliphatic carbocycles. The van der Waals surface area contributed by atoms with E-state index in [1.807, 2.05) is 11.8 Å². The molecule has 1 aromatic rings. The van der Waals surface area contributed by atoms with Gasteiger partial charge in [-0.25, -0.2) is 0 Å². The Labute approximate surface area is 114 Å². The van der Waals surface area contributed by atoms with Crippen LogP contribution in [0.25, 0.3) is 0 Å². The highest BCUT2D eigenvalue weighted by molar-refractivity contribution is 7.99. The van der Waals surface area contributed by atoms with Crippen molar-refractivity contribution in [1.82, 2.24) is 0 Å². The van der Waals surface area contributed by atoms with Crippen LogP contribution in [0.3, 0.4) is 0 Å². The Balaban J connectivity index is 1.69. The number of aliphatic hydroxyl groups is 1. The molecule has 98 valence electrons. The Kier molecular flexibility index (Phi) is 3.95. The zero-order valence-corrected chi connectivity index (χ0v) is 11.7. The summed E-state index contributed by atoms with van der Waals surface area (Å²) in [7, 11) is 0. The second kappa shape index (κ2) is 5.66. The number of hydrogen-bond donors (Lipinski definition) is 1. The summed E-state index contributed by atoms with van der Waals surface area (Å²) in [5.74, 6) is 3.20. The normalized spacial score (nSPS) is 25.3. The van der Waals surface area contributed by atoms with Crippen molar-refractivity contribution in [1.29, 1.82) is 0 Å². The maximum atomic E-state index is 9.69. The third-order valence-corrected chi connectivity index (χ3v) is 5.94. The summed E-state index contributed by atoms with van der Waals surface area (Å²) < 4.78 is 0. The molecule has 2 atom stereocenters. The number of fused-ring (bicyclic) bond motifs is 1. The first-order valence-electron chi connectivity index (χ1n) is 7.21. The van der Waals surface area contributed by atoms with Gasteiger partial charge in [0.25, 0.3) is 0 Å². The molecule has 1 fully saturated rings. The van der Waals surface area contributed by atoms with Gasteiger partial charge in [-0.15, -0.1) is 11.8 Å². The van der Waals surface area contributed by atoms with Crippen LogP contribution in [-0.4, -0.2) is 17.5 Å². The highest BCUT2D eigenvalue weighted by Gasteiger charge is 2.30. The van der Waals surface area contributed by atoms with E-state index in [0.717, 1.165) is 5.92 Å². The molecule has 2 heteroatoms. The van der Waals surface area contributed by atoms with Crippen molar-refractivity contribution in [2.45, 2.75) is 42.9 Å². The van der Waals surface area contributed by atoms with E-state index in [-0.39, 0.29) is 0 Å². The van der Waals surface area contributed by atoms with Gasteiger partial charge in [0.05, 0.1) is 0 Å². The van der Waals surface area contributed by atoms with Gasteiger partial charge < -0.3 is 5.11 Å². The van der Waals surface area contributed by atoms with Crippen molar-refractivity contribution in [3.05, 3.63) is 29.8 Å². The maximum absolute atomic E-state index is 9.69. The van der Waals surface area contributed by atoms with Gasteiger partial charge in [-0.1, -0.05) is 43.9 Å². The molecule has 0 bridgehead atoms. The average Bonchev–Trinajstić information content (AvgIpc) is 3.06. The van der Waals surface area contributed by atoms with E-state index in [9.17, 15) is 5.11 Å². The van der Waals surface area contributed by atoms with Crippen LogP contribution < -0.4 is 0 Å². The first kappa shape index (κ1) is 12.6. The fourth-order valence-corrected chi connectivity index (χ4v) is 4.91. The molecule has 0 amide bonds. The summed E-state index contributed by atoms with van der Waals surface area (Å²) in [6.45, 7) is 0.383. The second-order valence-electron chi connectivity index (χ2n) is 5.77. The van der Waals surface area contributed by atoms with E-state index in [2.05, 4.69) is 24.3 Å². The highest BCUT2D eigenvalue weighted by atomic mass is 32.2. The number of rotatable bonds is 4. The molecule has 2 aliphatic rings. The molecule has 1 nitrogen and oxygen atoms in total. The minimum atomic E-state index is 0.383. The Morgan fingerprint density at radius 3 is 2.78 bits per heavy atom. The van der Waals surface area contributed by atoms with E-state index in [1.165, 1.54) is 48.3 Å². The van der Waals surface area contributed by atoms with Crippen LogP contribution in [-0.2, 0) is 0 Å². The van der Waals surface area contributed by atoms with Gasteiger partial charge in [0.15, 0.2) is 0 Å². The van der Waals surface area contributed by atoms with E-state index >= 15 is 0 Å². The SMILES string of the molecule is OCC(CC1CSc2ccccc21)C1CCCC1. The average molecular weight is 262 g/mol. The predicted molar refractivity (Wildman–Crippen MR) is 77.1 cm³/mol. The maximum Gasteiger partial charge on any atom is 0.0462 e. The molecule has 0 radical (unpaired) electrons. The summed E-state index contributed by atoms with van der Waals surface area (Å²) in [6, 6.07) is 8.81. The monoisotopic (exact) mass is 262 g/mol. The molecule has 0 saturated heterocycles. The summed E-state index contributed by atoms with van der Waals surface area (Å²) in [5.41, 5.74) is 1.53. The molecule has 1 saturated carbocycles. The molecule has 0 spiro atoms. The molecule has 3 rings (SSSR count). The van der Waals surface area contributed by atoms with Crippen LogP contribution >= 0.6 is 11.8 Å². The summed E-state index contributed by atoms with van der Waals surface area (Å²) in [5, 5.41) is 9.69. The topological polar surface area (TPSA) is 20.2 Å². The lowest BCUT2D eigenvalue weighted by atomic mass is 9.82. The van der Waals surface area contributed by atoms with E-state index in [0.29, 0.717) is 18.4 Å². The van der Waals surface area contributed by atoms with Crippen molar-refractivity contribution in [2.75, 3.05) is 12.4 Å². The van der Waals surface area contributed by atoms with Gasteiger partial charge in [0.2, 0.25) is 0 Å². The lowest BCUT2D eigenvalue weighted by Gasteiger charge is -2.24. The Hall–Kier alpha value is -0.470. The summed E-state index contributed by atoms with van der Waals surface area (Å²) >= 11 is 1.99. The number of thioether (sulfide) groups is 1. The van der Waals surface area contributed by atoms with E-state index in [1.54, 1.807) is 0 Å². The lowest BCUT2D eigenvalue weighted by Crippen LogP contribution is -2.19. The third kappa shape index (κ3) is 2.46. The largest absolute Gasteiger partial charge is 0.396 e. The zero-order chi connectivity index (χ0) is 12.4. The molecule has 0 aromatic heterocycles. The van der Waals surface area contributed by atoms with Crippen molar-refractivity contribution in [3.63, 3.8) is 0 Å². The van der Waals surface area contributed by atoms with Crippen molar-refractivity contribution in [3.8, 4) is 0 Å². The Morgan fingerprint density at radius 1 is 1.22 bits per heavy atom. The Bertz CT molecular complexity index is 398. The van der Waals surface area contributed by atoms with Gasteiger partial charge in [-0.3, -0.25) is 0 Å². The minimum Gasteiger partial charge on any atom is -0.396 e. The molecule has 1 aromatic carbocycles. The number of benzene rings is 1. The molecule has 18 heavy (non-hydrogen) atoms. The van der Waals surface area contributed by atoms with Crippen LogP contribution in [0.1, 0.15) is 43.6 Å². The third-order valence-electron chi connectivity index (χ3n) is 4.69. The van der Waals surface area contributed by atoms with Gasteiger partial charge in [0.1, 0.15) is 0 Å².